The molecule has 2 unspecified atom stereocenters. The molecule has 30 heavy (non-hydrogen) atoms. The fourth-order valence-electron chi connectivity index (χ4n) is 4.78. The number of halogens is 2. The molecule has 0 radical (unpaired) electrons. The van der Waals surface area contributed by atoms with Crippen LogP contribution in [0, 0.1) is 17.6 Å². The third-order valence-electron chi connectivity index (χ3n) is 6.36. The molecule has 1 saturated heterocycles. The minimum atomic E-state index is -0.818. The van der Waals surface area contributed by atoms with E-state index in [1.807, 2.05) is 0 Å². The Hall–Kier alpha value is -3.02. The Kier molecular flexibility index (Phi) is 4.85. The van der Waals surface area contributed by atoms with Crippen LogP contribution in [0.5, 0.6) is 0 Å². The summed E-state index contributed by atoms with van der Waals surface area (Å²) in [4.78, 5) is 18.6. The van der Waals surface area contributed by atoms with Gasteiger partial charge in [0.2, 0.25) is 5.91 Å². The lowest BCUT2D eigenvalue weighted by Crippen LogP contribution is -2.36. The number of anilines is 2. The van der Waals surface area contributed by atoms with Gasteiger partial charge in [0.1, 0.15) is 17.6 Å². The Balaban J connectivity index is 1.35. The van der Waals surface area contributed by atoms with E-state index in [0.717, 1.165) is 25.9 Å². The van der Waals surface area contributed by atoms with E-state index in [4.69, 9.17) is 0 Å². The first kappa shape index (κ1) is 19.0. The Labute approximate surface area is 174 Å². The van der Waals surface area contributed by atoms with Crippen LogP contribution in [0.3, 0.4) is 0 Å². The molecule has 2 atom stereocenters. The Morgan fingerprint density at radius 1 is 1.13 bits per heavy atom. The third kappa shape index (κ3) is 3.40. The van der Waals surface area contributed by atoms with Crippen LogP contribution in [0.25, 0.3) is 0 Å². The summed E-state index contributed by atoms with van der Waals surface area (Å²) in [6.45, 7) is 1.63. The highest BCUT2D eigenvalue weighted by Crippen LogP contribution is 2.36. The first-order valence-electron chi connectivity index (χ1n) is 10.5. The van der Waals surface area contributed by atoms with Crippen LogP contribution in [0.4, 0.5) is 25.8 Å². The van der Waals surface area contributed by atoms with E-state index in [1.54, 1.807) is 24.3 Å². The van der Waals surface area contributed by atoms with Gasteiger partial charge >= 0.3 is 0 Å². The summed E-state index contributed by atoms with van der Waals surface area (Å²) in [5.74, 6) is -1.28. The van der Waals surface area contributed by atoms with Crippen molar-refractivity contribution in [3.05, 3.63) is 65.2 Å². The monoisotopic (exact) mass is 407 g/mol. The molecule has 3 aliphatic rings. The maximum Gasteiger partial charge on any atom is 0.237 e. The van der Waals surface area contributed by atoms with Gasteiger partial charge in [0.05, 0.1) is 11.4 Å². The number of hydrogen-bond acceptors (Lipinski definition) is 3. The van der Waals surface area contributed by atoms with Crippen LogP contribution in [-0.4, -0.2) is 25.2 Å². The van der Waals surface area contributed by atoms with Crippen molar-refractivity contribution < 1.29 is 13.6 Å². The Bertz CT molecular complexity index is 1060. The van der Waals surface area contributed by atoms with Crippen molar-refractivity contribution in [1.29, 1.82) is 0 Å². The normalized spacial score (nSPS) is 23.2. The zero-order valence-corrected chi connectivity index (χ0v) is 16.6. The van der Waals surface area contributed by atoms with E-state index in [-0.39, 0.29) is 17.3 Å². The predicted molar refractivity (Wildman–Crippen MR) is 115 cm³/mol. The van der Waals surface area contributed by atoms with Crippen molar-refractivity contribution >= 4 is 29.2 Å². The quantitative estimate of drug-likeness (QED) is 0.551. The van der Waals surface area contributed by atoms with Gasteiger partial charge in [-0.1, -0.05) is 17.7 Å². The smallest absolute Gasteiger partial charge is 0.237 e. The van der Waals surface area contributed by atoms with Gasteiger partial charge in [-0.15, -0.1) is 0 Å². The van der Waals surface area contributed by atoms with Crippen molar-refractivity contribution in [2.45, 2.75) is 31.6 Å². The number of benzene rings is 2. The summed E-state index contributed by atoms with van der Waals surface area (Å²) < 4.78 is 29.0. The number of carbonyl (C=O) groups excluding carboxylic acids is 1. The maximum atomic E-state index is 14.9. The van der Waals surface area contributed by atoms with E-state index in [0.29, 0.717) is 23.0 Å². The Morgan fingerprint density at radius 2 is 2.03 bits per heavy atom. The van der Waals surface area contributed by atoms with Crippen LogP contribution in [0.15, 0.2) is 53.0 Å². The topological polar surface area (TPSA) is 44.7 Å². The zero-order chi connectivity index (χ0) is 20.7. The molecular weight excluding hydrogens is 384 g/mol. The van der Waals surface area contributed by atoms with Crippen LogP contribution in [-0.2, 0) is 4.79 Å². The van der Waals surface area contributed by atoms with Gasteiger partial charge in [0.25, 0.3) is 0 Å². The van der Waals surface area contributed by atoms with Gasteiger partial charge in [0, 0.05) is 36.6 Å². The van der Waals surface area contributed by atoms with Gasteiger partial charge in [0.15, 0.2) is 0 Å². The molecule has 154 valence electrons. The van der Waals surface area contributed by atoms with Crippen molar-refractivity contribution in [2.24, 2.45) is 10.9 Å². The van der Waals surface area contributed by atoms with E-state index >= 15 is 0 Å². The molecule has 0 saturated carbocycles. The molecule has 4 nitrogen and oxygen atoms in total. The molecular formula is C24H23F2N3O. The van der Waals surface area contributed by atoms with Gasteiger partial charge < -0.3 is 10.2 Å². The van der Waals surface area contributed by atoms with Gasteiger partial charge in [-0.05, 0) is 55.9 Å². The van der Waals surface area contributed by atoms with Crippen molar-refractivity contribution in [3.8, 4) is 0 Å². The molecule has 1 fully saturated rings. The largest absolute Gasteiger partial charge is 0.365 e. The zero-order valence-electron chi connectivity index (χ0n) is 16.6. The van der Waals surface area contributed by atoms with Crippen LogP contribution < -0.4 is 10.2 Å². The van der Waals surface area contributed by atoms with Crippen LogP contribution >= 0.6 is 0 Å². The fraction of sp³-hybridized carbons (Fsp3) is 0.333. The molecule has 0 bridgehead atoms. The number of nitrogens with one attached hydrogen (secondary N) is 1. The van der Waals surface area contributed by atoms with E-state index < -0.39 is 11.7 Å². The Morgan fingerprint density at radius 3 is 2.90 bits per heavy atom. The summed E-state index contributed by atoms with van der Waals surface area (Å²) in [6.07, 6.45) is 8.38. The summed E-state index contributed by atoms with van der Waals surface area (Å²) in [6, 6.07) is 9.39. The molecule has 6 heteroatoms. The molecule has 1 N–H and O–H groups in total. The van der Waals surface area contributed by atoms with E-state index in [1.165, 1.54) is 36.8 Å². The SMILES string of the molecule is O=C1Nc2cccc(F)c2C1C=Nc1ccc(N2CCC3CCCC=C3C2)c(F)c1. The minimum absolute atomic E-state index is 0.284. The van der Waals surface area contributed by atoms with Gasteiger partial charge in [-0.3, -0.25) is 9.79 Å². The van der Waals surface area contributed by atoms with E-state index in [2.05, 4.69) is 21.3 Å². The minimum Gasteiger partial charge on any atom is -0.365 e. The average molecular weight is 407 g/mol. The second kappa shape index (κ2) is 7.67. The molecule has 2 aromatic carbocycles. The first-order valence-corrected chi connectivity index (χ1v) is 10.5. The highest BCUT2D eigenvalue weighted by molar-refractivity contribution is 6.12. The third-order valence-corrected chi connectivity index (χ3v) is 6.36. The highest BCUT2D eigenvalue weighted by atomic mass is 19.1. The van der Waals surface area contributed by atoms with Crippen molar-refractivity contribution in [3.63, 3.8) is 0 Å². The van der Waals surface area contributed by atoms with Crippen LogP contribution in [0.2, 0.25) is 0 Å². The molecule has 5 rings (SSSR count). The summed E-state index contributed by atoms with van der Waals surface area (Å²) in [5, 5.41) is 2.65. The van der Waals surface area contributed by atoms with Gasteiger partial charge in [-0.2, -0.15) is 0 Å². The number of piperidine rings is 1. The number of rotatable bonds is 3. The molecule has 0 spiro atoms. The molecule has 2 aliphatic heterocycles. The number of nitrogens with zero attached hydrogens (tertiary/aromatic N) is 2. The lowest BCUT2D eigenvalue weighted by molar-refractivity contribution is -0.115. The first-order chi connectivity index (χ1) is 14.6. The second-order valence-electron chi connectivity index (χ2n) is 8.20. The predicted octanol–water partition coefficient (Wildman–Crippen LogP) is 5.34. The van der Waals surface area contributed by atoms with E-state index in [9.17, 15) is 13.6 Å². The number of aliphatic imine (C=N–C) groups is 1. The van der Waals surface area contributed by atoms with Crippen molar-refractivity contribution in [2.75, 3.05) is 23.3 Å². The molecule has 1 aliphatic carbocycles. The fourth-order valence-corrected chi connectivity index (χ4v) is 4.78. The number of carbonyl (C=O) groups is 1. The summed E-state index contributed by atoms with van der Waals surface area (Å²) in [7, 11) is 0. The second-order valence-corrected chi connectivity index (χ2v) is 8.20. The molecule has 0 aromatic heterocycles. The molecule has 2 heterocycles. The number of allylic oxidation sites excluding steroid dienone is 1. The standard InChI is InChI=1S/C24H23F2N3O/c25-19-6-3-7-21-23(19)18(24(30)28-21)13-27-17-8-9-22(20(26)12-17)29-11-10-15-4-1-2-5-16(15)14-29/h3,5-9,12-13,15,18H,1-2,4,10-11,14H2,(H,28,30). The number of fused-ring (bicyclic) bond motifs is 2. The molecule has 2 aromatic rings. The van der Waals surface area contributed by atoms with Crippen molar-refractivity contribution in [1.82, 2.24) is 0 Å². The summed E-state index contributed by atoms with van der Waals surface area (Å²) >= 11 is 0. The molecule has 1 amide bonds. The summed E-state index contributed by atoms with van der Waals surface area (Å²) in [5.41, 5.74) is 3.15. The van der Waals surface area contributed by atoms with Crippen LogP contribution in [0.1, 0.15) is 37.2 Å². The van der Waals surface area contributed by atoms with Gasteiger partial charge in [-0.25, -0.2) is 8.78 Å². The number of amides is 1. The highest BCUT2D eigenvalue weighted by Gasteiger charge is 2.32. The lowest BCUT2D eigenvalue weighted by Gasteiger charge is -2.37. The average Bonchev–Trinajstić information content (AvgIpc) is 3.08. The number of hydrogen-bond donors (Lipinski definition) is 1. The maximum absolute atomic E-state index is 14.9. The lowest BCUT2D eigenvalue weighted by atomic mass is 9.82.